The number of Topliss-reactive ketones (excluding diaryl/α,β-unsaturated/α-hetero) is 1. The maximum absolute atomic E-state index is 14.2. The smallest absolute Gasteiger partial charge is 0.269 e. The minimum Gasteiger partial charge on any atom is -0.364 e. The van der Waals surface area contributed by atoms with Crippen molar-refractivity contribution in [1.82, 2.24) is 14.7 Å². The second-order valence-corrected chi connectivity index (χ2v) is 8.92. The Hall–Kier alpha value is -3.03. The molecule has 1 aromatic carbocycles. The van der Waals surface area contributed by atoms with Gasteiger partial charge in [-0.15, -0.1) is 0 Å². The Bertz CT molecular complexity index is 1100. The molecular formula is C23H27FN4O3. The Morgan fingerprint density at radius 2 is 1.94 bits per heavy atom. The molecule has 2 aliphatic rings. The van der Waals surface area contributed by atoms with E-state index in [1.807, 2.05) is 0 Å². The number of hydrogen-bond acceptors (Lipinski definition) is 4. The number of rotatable bonds is 7. The molecule has 2 amide bonds. The van der Waals surface area contributed by atoms with E-state index >= 15 is 0 Å². The maximum Gasteiger partial charge on any atom is 0.269 e. The molecule has 164 valence electrons. The van der Waals surface area contributed by atoms with Gasteiger partial charge < -0.3 is 10.6 Å². The molecule has 2 N–H and O–H groups in total. The van der Waals surface area contributed by atoms with Crippen molar-refractivity contribution in [2.45, 2.75) is 58.7 Å². The number of allylic oxidation sites excluding steroid dienone is 2. The van der Waals surface area contributed by atoms with E-state index in [1.165, 1.54) is 4.68 Å². The summed E-state index contributed by atoms with van der Waals surface area (Å²) in [5.41, 5.74) is 6.76. The van der Waals surface area contributed by atoms with Crippen LogP contribution in [-0.2, 0) is 16.1 Å². The van der Waals surface area contributed by atoms with Crippen molar-refractivity contribution < 1.29 is 18.8 Å². The quantitative estimate of drug-likeness (QED) is 0.736. The molecule has 2 heterocycles. The molecule has 8 heteroatoms. The number of halogens is 1. The zero-order chi connectivity index (χ0) is 22.4. The van der Waals surface area contributed by atoms with E-state index in [0.29, 0.717) is 28.8 Å². The van der Waals surface area contributed by atoms with Gasteiger partial charge in [0.25, 0.3) is 5.91 Å². The molecular weight excluding hydrogens is 399 g/mol. The van der Waals surface area contributed by atoms with Gasteiger partial charge in [-0.1, -0.05) is 25.1 Å². The molecule has 1 aliphatic heterocycles. The van der Waals surface area contributed by atoms with Gasteiger partial charge in [-0.3, -0.25) is 19.1 Å². The average Bonchev–Trinajstić information content (AvgIpc) is 3.23. The van der Waals surface area contributed by atoms with E-state index in [-0.39, 0.29) is 42.2 Å². The number of piperidine rings is 1. The number of carbonyl (C=O) groups excluding carboxylic acids is 3. The van der Waals surface area contributed by atoms with E-state index in [1.54, 1.807) is 49.9 Å². The highest BCUT2D eigenvalue weighted by Crippen LogP contribution is 2.48. The van der Waals surface area contributed by atoms with Gasteiger partial charge in [-0.25, -0.2) is 4.39 Å². The second kappa shape index (κ2) is 7.90. The second-order valence-electron chi connectivity index (χ2n) is 8.92. The standard InChI is InChI=1S/C23H27FN4O3/c1-12(2)21(24)13(3)8-19(29)18-10-14-9-17(14)28(18)20(30)11-27-16-7-5-4-6-15(16)22(26-27)23(25)31/h4-7,13-14,17-18H,8-11H2,1-3H3,(H2,25,31)/t13-,14-,17-,18+/m1/s1. The molecule has 1 aromatic heterocycles. The minimum atomic E-state index is -0.658. The summed E-state index contributed by atoms with van der Waals surface area (Å²) in [6.07, 6.45) is 1.59. The predicted molar refractivity (Wildman–Crippen MR) is 114 cm³/mol. The van der Waals surface area contributed by atoms with Crippen LogP contribution in [0.15, 0.2) is 35.7 Å². The van der Waals surface area contributed by atoms with Gasteiger partial charge in [0, 0.05) is 23.8 Å². The monoisotopic (exact) mass is 426 g/mol. The van der Waals surface area contributed by atoms with E-state index in [9.17, 15) is 18.8 Å². The van der Waals surface area contributed by atoms with Crippen LogP contribution in [0.3, 0.4) is 0 Å². The minimum absolute atomic E-state index is 0.0579. The molecule has 0 bridgehead atoms. The number of para-hydroxylation sites is 1. The largest absolute Gasteiger partial charge is 0.364 e. The van der Waals surface area contributed by atoms with Gasteiger partial charge in [0.15, 0.2) is 11.5 Å². The molecule has 2 aromatic rings. The number of fused-ring (bicyclic) bond motifs is 2. The zero-order valence-electron chi connectivity index (χ0n) is 18.0. The van der Waals surface area contributed by atoms with E-state index in [0.717, 1.165) is 6.42 Å². The SMILES string of the molecule is CC(C)=C(F)[C@H](C)CC(=O)[C@@H]1C[C@H]2C[C@H]2N1C(=O)Cn1nc(C(N)=O)c2ccccc21. The van der Waals surface area contributed by atoms with Crippen LogP contribution in [0.25, 0.3) is 10.9 Å². The summed E-state index contributed by atoms with van der Waals surface area (Å²) in [6.45, 7) is 4.99. The van der Waals surface area contributed by atoms with Crippen molar-refractivity contribution in [3.8, 4) is 0 Å². The molecule has 4 rings (SSSR count). The summed E-state index contributed by atoms with van der Waals surface area (Å²) < 4.78 is 15.7. The third-order valence-corrected chi connectivity index (χ3v) is 6.36. The fourth-order valence-electron chi connectivity index (χ4n) is 4.76. The lowest BCUT2D eigenvalue weighted by atomic mass is 9.95. The predicted octanol–water partition coefficient (Wildman–Crippen LogP) is 2.98. The highest BCUT2D eigenvalue weighted by molar-refractivity contribution is 6.04. The fourth-order valence-corrected chi connectivity index (χ4v) is 4.76. The summed E-state index contributed by atoms with van der Waals surface area (Å²) in [6, 6.07) is 6.62. The highest BCUT2D eigenvalue weighted by atomic mass is 19.1. The number of primary amides is 1. The number of carbonyl (C=O) groups is 3. The van der Waals surface area contributed by atoms with Crippen LogP contribution in [0.2, 0.25) is 0 Å². The number of benzene rings is 1. The van der Waals surface area contributed by atoms with Crippen LogP contribution in [0, 0.1) is 11.8 Å². The molecule has 1 saturated carbocycles. The van der Waals surface area contributed by atoms with Crippen molar-refractivity contribution in [3.05, 3.63) is 41.4 Å². The van der Waals surface area contributed by atoms with Crippen molar-refractivity contribution in [2.24, 2.45) is 17.6 Å². The molecule has 31 heavy (non-hydrogen) atoms. The molecule has 0 unspecified atom stereocenters. The Morgan fingerprint density at radius 1 is 1.23 bits per heavy atom. The zero-order valence-corrected chi connectivity index (χ0v) is 18.0. The summed E-state index contributed by atoms with van der Waals surface area (Å²) in [4.78, 5) is 39.6. The van der Waals surface area contributed by atoms with Crippen LogP contribution in [0.4, 0.5) is 4.39 Å². The van der Waals surface area contributed by atoms with Crippen LogP contribution >= 0.6 is 0 Å². The van der Waals surface area contributed by atoms with Crippen molar-refractivity contribution in [2.75, 3.05) is 0 Å². The lowest BCUT2D eigenvalue weighted by Gasteiger charge is -2.27. The lowest BCUT2D eigenvalue weighted by Crippen LogP contribution is -2.45. The first-order valence-corrected chi connectivity index (χ1v) is 10.6. The molecule has 4 atom stereocenters. The van der Waals surface area contributed by atoms with Crippen LogP contribution in [0.1, 0.15) is 50.5 Å². The first-order valence-electron chi connectivity index (χ1n) is 10.6. The third-order valence-electron chi connectivity index (χ3n) is 6.36. The maximum atomic E-state index is 14.2. The topological polar surface area (TPSA) is 98.3 Å². The van der Waals surface area contributed by atoms with Gasteiger partial charge in [-0.05, 0) is 44.2 Å². The molecule has 1 aliphatic carbocycles. The number of aromatic nitrogens is 2. The molecule has 0 radical (unpaired) electrons. The lowest BCUT2D eigenvalue weighted by molar-refractivity contribution is -0.139. The number of hydrogen-bond donors (Lipinski definition) is 1. The van der Waals surface area contributed by atoms with E-state index in [4.69, 9.17) is 5.73 Å². The van der Waals surface area contributed by atoms with Crippen LogP contribution < -0.4 is 5.73 Å². The van der Waals surface area contributed by atoms with Crippen LogP contribution in [0.5, 0.6) is 0 Å². The Balaban J connectivity index is 1.54. The Kier molecular flexibility index (Phi) is 5.41. The van der Waals surface area contributed by atoms with Crippen molar-refractivity contribution >= 4 is 28.5 Å². The average molecular weight is 426 g/mol. The highest BCUT2D eigenvalue weighted by Gasteiger charge is 2.55. The van der Waals surface area contributed by atoms with Crippen molar-refractivity contribution in [1.29, 1.82) is 0 Å². The van der Waals surface area contributed by atoms with Gasteiger partial charge in [-0.2, -0.15) is 5.10 Å². The number of ketones is 1. The molecule has 0 spiro atoms. The number of nitrogens with two attached hydrogens (primary N) is 1. The molecule has 7 nitrogen and oxygen atoms in total. The Labute approximate surface area is 180 Å². The van der Waals surface area contributed by atoms with E-state index in [2.05, 4.69) is 5.10 Å². The normalized spacial score (nSPS) is 22.8. The van der Waals surface area contributed by atoms with E-state index < -0.39 is 17.9 Å². The molecule has 1 saturated heterocycles. The molecule has 2 fully saturated rings. The fraction of sp³-hybridized carbons (Fsp3) is 0.478. The number of likely N-dealkylation sites (tertiary alicyclic amines) is 1. The Morgan fingerprint density at radius 3 is 2.61 bits per heavy atom. The number of amides is 2. The first kappa shape index (κ1) is 21.2. The van der Waals surface area contributed by atoms with Gasteiger partial charge >= 0.3 is 0 Å². The van der Waals surface area contributed by atoms with Crippen LogP contribution in [-0.4, -0.2) is 44.4 Å². The first-order chi connectivity index (χ1) is 14.7. The van der Waals surface area contributed by atoms with Gasteiger partial charge in [0.1, 0.15) is 12.4 Å². The van der Waals surface area contributed by atoms with Gasteiger partial charge in [0.05, 0.1) is 11.6 Å². The van der Waals surface area contributed by atoms with Gasteiger partial charge in [0.2, 0.25) is 5.91 Å². The van der Waals surface area contributed by atoms with Crippen molar-refractivity contribution in [3.63, 3.8) is 0 Å². The summed E-state index contributed by atoms with van der Waals surface area (Å²) in [7, 11) is 0. The third kappa shape index (κ3) is 3.86. The summed E-state index contributed by atoms with van der Waals surface area (Å²) in [5.74, 6) is -1.42. The number of nitrogens with zero attached hydrogens (tertiary/aromatic N) is 3. The summed E-state index contributed by atoms with van der Waals surface area (Å²) >= 11 is 0. The summed E-state index contributed by atoms with van der Waals surface area (Å²) in [5, 5.41) is 4.84.